The van der Waals surface area contributed by atoms with Crippen LogP contribution in [0.2, 0.25) is 0 Å². The van der Waals surface area contributed by atoms with Crippen LogP contribution in [-0.4, -0.2) is 0 Å². The molecule has 0 radical (unpaired) electrons. The lowest BCUT2D eigenvalue weighted by Crippen LogP contribution is -2.23. The fourth-order valence-electron chi connectivity index (χ4n) is 0.961. The summed E-state index contributed by atoms with van der Waals surface area (Å²) in [7, 11) is 0. The standard InChI is InChI=1S/C7H6O3/c8-10-5-6-3-1-2-4-7(6)9-10/h1-4H,5H2. The smallest absolute Gasteiger partial charge is 0.233 e. The molecule has 1 aromatic carbocycles. The molecule has 0 saturated heterocycles. The molecule has 1 aromatic rings. The zero-order valence-corrected chi connectivity index (χ0v) is 5.24. The van der Waals surface area contributed by atoms with Crippen molar-refractivity contribution in [1.82, 2.24) is 0 Å². The summed E-state index contributed by atoms with van der Waals surface area (Å²) in [6.07, 6.45) is 0. The fourth-order valence-corrected chi connectivity index (χ4v) is 0.961. The highest BCUT2D eigenvalue weighted by molar-refractivity contribution is 5.33. The molecule has 0 aliphatic carbocycles. The molecule has 0 N–H and O–H groups in total. The average Bonchev–Trinajstić information content (AvgIpc) is 2.27. The zero-order chi connectivity index (χ0) is 6.97. The van der Waals surface area contributed by atoms with Gasteiger partial charge in [-0.2, -0.15) is 4.67 Å². The molecule has 3 nitrogen and oxygen atoms in total. The molecule has 1 heterocycles. The number of fused-ring (bicyclic) bond motifs is 1. The molecule has 0 bridgehead atoms. The second-order valence-corrected chi connectivity index (χ2v) is 2.14. The predicted molar refractivity (Wildman–Crippen MR) is 31.9 cm³/mol. The molecule has 3 heteroatoms. The average molecular weight is 138 g/mol. The van der Waals surface area contributed by atoms with Crippen LogP contribution in [0.3, 0.4) is 0 Å². The van der Waals surface area contributed by atoms with Crippen LogP contribution in [0, 0.1) is 0 Å². The Hall–Kier alpha value is -1.06. The van der Waals surface area contributed by atoms with Gasteiger partial charge in [0.05, 0.1) is 5.56 Å². The molecule has 0 spiro atoms. The van der Waals surface area contributed by atoms with Crippen molar-refractivity contribution < 1.29 is 14.8 Å². The van der Waals surface area contributed by atoms with Gasteiger partial charge in [-0.05, 0) is 12.1 Å². The van der Waals surface area contributed by atoms with E-state index in [-0.39, 0.29) is 6.61 Å². The maximum Gasteiger partial charge on any atom is 0.233 e. The van der Waals surface area contributed by atoms with E-state index < -0.39 is 0 Å². The second kappa shape index (κ2) is 1.97. The number of para-hydroxylation sites is 1. The van der Waals surface area contributed by atoms with Gasteiger partial charge in [0.15, 0.2) is 0 Å². The topological polar surface area (TPSA) is 35.0 Å². The first-order valence-corrected chi connectivity index (χ1v) is 3.01. The van der Waals surface area contributed by atoms with E-state index in [9.17, 15) is 5.26 Å². The SMILES string of the molecule is [O-][O+]1Cc2ccccc2O1. The molecular weight excluding hydrogens is 132 g/mol. The largest absolute Gasteiger partial charge is 0.473 e. The molecule has 1 aliphatic heterocycles. The van der Waals surface area contributed by atoms with Crippen LogP contribution >= 0.6 is 0 Å². The van der Waals surface area contributed by atoms with E-state index >= 15 is 0 Å². The molecule has 0 unspecified atom stereocenters. The number of rotatable bonds is 0. The molecule has 0 fully saturated rings. The first-order valence-electron chi connectivity index (χ1n) is 3.01. The van der Waals surface area contributed by atoms with Gasteiger partial charge in [-0.15, -0.1) is 0 Å². The van der Waals surface area contributed by atoms with E-state index in [0.29, 0.717) is 5.75 Å². The summed E-state index contributed by atoms with van der Waals surface area (Å²) in [5, 5.41) is 10.5. The van der Waals surface area contributed by atoms with E-state index in [2.05, 4.69) is 0 Å². The maximum atomic E-state index is 10.5. The number of benzene rings is 1. The Labute approximate surface area is 58.0 Å². The normalized spacial score (nSPS) is 16.5. The highest BCUT2D eigenvalue weighted by Gasteiger charge is 2.20. The van der Waals surface area contributed by atoms with Gasteiger partial charge < -0.3 is 5.26 Å². The van der Waals surface area contributed by atoms with Gasteiger partial charge in [0.2, 0.25) is 12.4 Å². The van der Waals surface area contributed by atoms with Crippen LogP contribution in [0.4, 0.5) is 0 Å². The van der Waals surface area contributed by atoms with Gasteiger partial charge in [-0.1, -0.05) is 12.1 Å². The summed E-state index contributed by atoms with van der Waals surface area (Å²) in [6.45, 7) is 0.260. The minimum atomic E-state index is 0.260. The lowest BCUT2D eigenvalue weighted by atomic mass is 10.2. The lowest BCUT2D eigenvalue weighted by molar-refractivity contribution is -0.887. The molecule has 10 heavy (non-hydrogen) atoms. The maximum absolute atomic E-state index is 10.5. The molecule has 0 aromatic heterocycles. The molecule has 52 valence electrons. The van der Waals surface area contributed by atoms with Gasteiger partial charge in [0.25, 0.3) is 0 Å². The van der Waals surface area contributed by atoms with E-state index in [4.69, 9.17) is 4.89 Å². The predicted octanol–water partition coefficient (Wildman–Crippen LogP) is 0.322. The van der Waals surface area contributed by atoms with Gasteiger partial charge in [-0.25, -0.2) is 4.89 Å². The number of hydrogen-bond donors (Lipinski definition) is 0. The summed E-state index contributed by atoms with van der Waals surface area (Å²) in [5.41, 5.74) is 0.919. The van der Waals surface area contributed by atoms with Crippen molar-refractivity contribution in [1.29, 1.82) is 0 Å². The minimum Gasteiger partial charge on any atom is -0.473 e. The monoisotopic (exact) mass is 138 g/mol. The van der Waals surface area contributed by atoms with Crippen LogP contribution in [0.1, 0.15) is 5.56 Å². The number of hydrogen-bond acceptors (Lipinski definition) is 2. The Bertz CT molecular complexity index is 221. The van der Waals surface area contributed by atoms with Gasteiger partial charge in [-0.3, -0.25) is 0 Å². The van der Waals surface area contributed by atoms with E-state index in [1.54, 1.807) is 6.07 Å². The van der Waals surface area contributed by atoms with Crippen LogP contribution in [0.15, 0.2) is 24.3 Å². The van der Waals surface area contributed by atoms with Crippen molar-refractivity contribution in [3.63, 3.8) is 0 Å². The third-order valence-corrected chi connectivity index (χ3v) is 1.43. The van der Waals surface area contributed by atoms with Crippen molar-refractivity contribution in [3.8, 4) is 5.75 Å². The molecule has 1 aliphatic rings. The van der Waals surface area contributed by atoms with Gasteiger partial charge in [0, 0.05) is 0 Å². The first kappa shape index (κ1) is 5.70. The molecule has 0 atom stereocenters. The Balaban J connectivity index is 2.42. The second-order valence-electron chi connectivity index (χ2n) is 2.14. The highest BCUT2D eigenvalue weighted by atomic mass is 17.6. The fraction of sp³-hybridized carbons (Fsp3) is 0.143. The van der Waals surface area contributed by atoms with Crippen LogP contribution in [-0.2, 0) is 11.3 Å². The molecular formula is C7H6O3. The van der Waals surface area contributed by atoms with Crippen LogP contribution in [0.25, 0.3) is 0 Å². The van der Waals surface area contributed by atoms with Crippen LogP contribution in [0.5, 0.6) is 5.75 Å². The quantitative estimate of drug-likeness (QED) is 0.382. The van der Waals surface area contributed by atoms with E-state index in [0.717, 1.165) is 5.56 Å². The highest BCUT2D eigenvalue weighted by Crippen LogP contribution is 2.26. The van der Waals surface area contributed by atoms with Crippen molar-refractivity contribution in [3.05, 3.63) is 29.8 Å². The van der Waals surface area contributed by atoms with Crippen molar-refractivity contribution in [2.45, 2.75) is 6.61 Å². The Morgan fingerprint density at radius 2 is 2.20 bits per heavy atom. The third kappa shape index (κ3) is 0.761. The Kier molecular flexibility index (Phi) is 1.12. The molecule has 0 saturated carbocycles. The minimum absolute atomic E-state index is 0.260. The summed E-state index contributed by atoms with van der Waals surface area (Å²) >= 11 is 0. The summed E-state index contributed by atoms with van der Waals surface area (Å²) in [4.78, 5) is 4.70. The Morgan fingerprint density at radius 1 is 1.40 bits per heavy atom. The van der Waals surface area contributed by atoms with Gasteiger partial charge in [0.1, 0.15) is 0 Å². The zero-order valence-electron chi connectivity index (χ0n) is 5.24. The Morgan fingerprint density at radius 3 is 3.00 bits per heavy atom. The summed E-state index contributed by atoms with van der Waals surface area (Å²) in [6, 6.07) is 7.33. The lowest BCUT2D eigenvalue weighted by Gasteiger charge is -2.05. The first-order chi connectivity index (χ1) is 4.86. The van der Waals surface area contributed by atoms with Gasteiger partial charge >= 0.3 is 0 Å². The molecule has 0 amide bonds. The van der Waals surface area contributed by atoms with Crippen molar-refractivity contribution in [2.24, 2.45) is 0 Å². The summed E-state index contributed by atoms with van der Waals surface area (Å²) < 4.78 is 1.30. The summed E-state index contributed by atoms with van der Waals surface area (Å²) in [5.74, 6) is 0.641. The van der Waals surface area contributed by atoms with E-state index in [1.807, 2.05) is 18.2 Å². The van der Waals surface area contributed by atoms with Crippen molar-refractivity contribution >= 4 is 0 Å². The van der Waals surface area contributed by atoms with Crippen LogP contribution < -0.4 is 10.1 Å². The third-order valence-electron chi connectivity index (χ3n) is 1.43. The van der Waals surface area contributed by atoms with E-state index in [1.165, 1.54) is 4.67 Å². The van der Waals surface area contributed by atoms with Crippen molar-refractivity contribution in [2.75, 3.05) is 0 Å². The molecule has 2 rings (SSSR count).